The standard InChI is InChI=1S/C24H25Cl2N7O2/c1-3-16-13-21(31-24(29-16)33-11-9-32(10-12-33)15(2)34)30-20-14-17(7-8-27-20)28-23(35)22-18(25)5-4-6-19(22)26/h4-8,13-14H,3,9-12H2,1-2H3,(H2,27,28,29,30,31,35). The average Bonchev–Trinajstić information content (AvgIpc) is 2.84. The van der Waals surface area contributed by atoms with Crippen molar-refractivity contribution >= 4 is 58.3 Å². The molecule has 4 rings (SSSR count). The number of nitrogens with zero attached hydrogens (tertiary/aromatic N) is 5. The summed E-state index contributed by atoms with van der Waals surface area (Å²) in [6.45, 7) is 6.20. The first kappa shape index (κ1) is 24.7. The van der Waals surface area contributed by atoms with Crippen molar-refractivity contribution in [1.29, 1.82) is 0 Å². The van der Waals surface area contributed by atoms with Crippen LogP contribution in [0.1, 0.15) is 29.9 Å². The van der Waals surface area contributed by atoms with Crippen LogP contribution in [0.15, 0.2) is 42.6 Å². The lowest BCUT2D eigenvalue weighted by molar-refractivity contribution is -0.129. The predicted molar refractivity (Wildman–Crippen MR) is 138 cm³/mol. The van der Waals surface area contributed by atoms with E-state index in [-0.39, 0.29) is 21.5 Å². The molecule has 3 heterocycles. The molecule has 0 saturated carbocycles. The van der Waals surface area contributed by atoms with E-state index in [1.54, 1.807) is 43.5 Å². The maximum atomic E-state index is 12.7. The van der Waals surface area contributed by atoms with Gasteiger partial charge in [0.25, 0.3) is 5.91 Å². The largest absolute Gasteiger partial charge is 0.339 e. The molecule has 0 aliphatic carbocycles. The van der Waals surface area contributed by atoms with E-state index in [0.29, 0.717) is 49.5 Å². The molecule has 1 aliphatic rings. The van der Waals surface area contributed by atoms with Gasteiger partial charge in [-0.1, -0.05) is 36.2 Å². The van der Waals surface area contributed by atoms with Crippen molar-refractivity contribution < 1.29 is 9.59 Å². The summed E-state index contributed by atoms with van der Waals surface area (Å²) in [5.41, 5.74) is 1.61. The fourth-order valence-electron chi connectivity index (χ4n) is 3.71. The zero-order valence-electron chi connectivity index (χ0n) is 19.4. The second-order valence-electron chi connectivity index (χ2n) is 8.00. The van der Waals surface area contributed by atoms with Crippen LogP contribution in [0.3, 0.4) is 0 Å². The van der Waals surface area contributed by atoms with E-state index < -0.39 is 5.91 Å². The molecule has 1 aliphatic heterocycles. The summed E-state index contributed by atoms with van der Waals surface area (Å²) >= 11 is 12.3. The third-order valence-electron chi connectivity index (χ3n) is 5.60. The van der Waals surface area contributed by atoms with Crippen LogP contribution in [0, 0.1) is 0 Å². The summed E-state index contributed by atoms with van der Waals surface area (Å²) in [6, 6.07) is 10.1. The van der Waals surface area contributed by atoms with Gasteiger partial charge in [-0.2, -0.15) is 4.98 Å². The van der Waals surface area contributed by atoms with Gasteiger partial charge in [-0.3, -0.25) is 9.59 Å². The maximum Gasteiger partial charge on any atom is 0.258 e. The number of pyridine rings is 1. The zero-order valence-corrected chi connectivity index (χ0v) is 20.9. The summed E-state index contributed by atoms with van der Waals surface area (Å²) in [7, 11) is 0. The summed E-state index contributed by atoms with van der Waals surface area (Å²) in [6.07, 6.45) is 2.32. The molecule has 1 saturated heterocycles. The van der Waals surface area contributed by atoms with Gasteiger partial charge in [0.15, 0.2) is 0 Å². The predicted octanol–water partition coefficient (Wildman–Crippen LogP) is 4.41. The Kier molecular flexibility index (Phi) is 7.67. The van der Waals surface area contributed by atoms with Gasteiger partial charge in [0.2, 0.25) is 11.9 Å². The Morgan fingerprint density at radius 2 is 1.71 bits per heavy atom. The summed E-state index contributed by atoms with van der Waals surface area (Å²) < 4.78 is 0. The molecule has 0 radical (unpaired) electrons. The monoisotopic (exact) mass is 513 g/mol. The normalized spacial score (nSPS) is 13.5. The highest BCUT2D eigenvalue weighted by Gasteiger charge is 2.21. The fourth-order valence-corrected chi connectivity index (χ4v) is 4.28. The van der Waals surface area contributed by atoms with Crippen molar-refractivity contribution in [3.05, 3.63) is 63.9 Å². The lowest BCUT2D eigenvalue weighted by atomic mass is 10.2. The van der Waals surface area contributed by atoms with Gasteiger partial charge in [0.1, 0.15) is 11.6 Å². The van der Waals surface area contributed by atoms with Crippen molar-refractivity contribution in [2.45, 2.75) is 20.3 Å². The SMILES string of the molecule is CCc1cc(Nc2cc(NC(=O)c3c(Cl)cccc3Cl)ccn2)nc(N2CCN(C(C)=O)CC2)n1. The van der Waals surface area contributed by atoms with Gasteiger partial charge in [0.05, 0.1) is 15.6 Å². The third kappa shape index (κ3) is 5.98. The molecule has 3 aromatic rings. The van der Waals surface area contributed by atoms with E-state index >= 15 is 0 Å². The van der Waals surface area contributed by atoms with Crippen molar-refractivity contribution in [3.8, 4) is 0 Å². The van der Waals surface area contributed by atoms with E-state index in [2.05, 4.69) is 30.5 Å². The molecule has 2 N–H and O–H groups in total. The average molecular weight is 514 g/mol. The van der Waals surface area contributed by atoms with Crippen LogP contribution >= 0.6 is 23.2 Å². The molecule has 1 fully saturated rings. The Hall–Kier alpha value is -3.43. The summed E-state index contributed by atoms with van der Waals surface area (Å²) in [5.74, 6) is 1.35. The first-order valence-electron chi connectivity index (χ1n) is 11.2. The Morgan fingerprint density at radius 3 is 2.37 bits per heavy atom. The minimum atomic E-state index is -0.417. The lowest BCUT2D eigenvalue weighted by Gasteiger charge is -2.34. The molecule has 35 heavy (non-hydrogen) atoms. The van der Waals surface area contributed by atoms with Gasteiger partial charge < -0.3 is 20.4 Å². The van der Waals surface area contributed by atoms with Gasteiger partial charge in [-0.15, -0.1) is 0 Å². The smallest absolute Gasteiger partial charge is 0.258 e. The molecule has 2 amide bonds. The number of carbonyl (C=O) groups is 2. The highest BCUT2D eigenvalue weighted by atomic mass is 35.5. The summed E-state index contributed by atoms with van der Waals surface area (Å²) in [4.78, 5) is 41.9. The van der Waals surface area contributed by atoms with Crippen LogP contribution in [-0.2, 0) is 11.2 Å². The van der Waals surface area contributed by atoms with Crippen LogP contribution in [0.2, 0.25) is 10.0 Å². The Balaban J connectivity index is 1.50. The number of benzene rings is 1. The van der Waals surface area contributed by atoms with Crippen LogP contribution in [-0.4, -0.2) is 57.8 Å². The van der Waals surface area contributed by atoms with Crippen LogP contribution in [0.4, 0.5) is 23.3 Å². The number of halogens is 2. The second-order valence-corrected chi connectivity index (χ2v) is 8.81. The zero-order chi connectivity index (χ0) is 24.9. The molecule has 0 unspecified atom stereocenters. The van der Waals surface area contributed by atoms with Gasteiger partial charge in [-0.25, -0.2) is 9.97 Å². The Bertz CT molecular complexity index is 1230. The number of anilines is 4. The first-order chi connectivity index (χ1) is 16.8. The maximum absolute atomic E-state index is 12.7. The molecule has 182 valence electrons. The van der Waals surface area contributed by atoms with E-state index in [1.165, 1.54) is 0 Å². The van der Waals surface area contributed by atoms with E-state index in [0.717, 1.165) is 12.1 Å². The number of amides is 2. The van der Waals surface area contributed by atoms with E-state index in [4.69, 9.17) is 23.2 Å². The van der Waals surface area contributed by atoms with Gasteiger partial charge >= 0.3 is 0 Å². The van der Waals surface area contributed by atoms with Gasteiger partial charge in [0, 0.05) is 62.8 Å². The molecular weight excluding hydrogens is 489 g/mol. The molecule has 0 atom stereocenters. The number of nitrogens with one attached hydrogen (secondary N) is 2. The third-order valence-corrected chi connectivity index (χ3v) is 6.23. The highest BCUT2D eigenvalue weighted by molar-refractivity contribution is 6.40. The summed E-state index contributed by atoms with van der Waals surface area (Å²) in [5, 5.41) is 6.55. The molecule has 0 bridgehead atoms. The lowest BCUT2D eigenvalue weighted by Crippen LogP contribution is -2.48. The topological polar surface area (TPSA) is 103 Å². The Morgan fingerprint density at radius 1 is 1.00 bits per heavy atom. The van der Waals surface area contributed by atoms with E-state index in [1.807, 2.05) is 17.9 Å². The minimum Gasteiger partial charge on any atom is -0.339 e. The van der Waals surface area contributed by atoms with Crippen molar-refractivity contribution in [2.24, 2.45) is 0 Å². The van der Waals surface area contributed by atoms with Crippen LogP contribution in [0.5, 0.6) is 0 Å². The van der Waals surface area contributed by atoms with Crippen molar-refractivity contribution in [3.63, 3.8) is 0 Å². The second kappa shape index (κ2) is 10.9. The molecule has 11 heteroatoms. The van der Waals surface area contributed by atoms with Crippen LogP contribution in [0.25, 0.3) is 0 Å². The quantitative estimate of drug-likeness (QED) is 0.503. The fraction of sp³-hybridized carbons (Fsp3) is 0.292. The molecule has 1 aromatic carbocycles. The molecule has 2 aromatic heterocycles. The number of aromatic nitrogens is 3. The molecule has 9 nitrogen and oxygen atoms in total. The molecule has 0 spiro atoms. The number of carbonyl (C=O) groups excluding carboxylic acids is 2. The number of piperazine rings is 1. The van der Waals surface area contributed by atoms with Crippen LogP contribution < -0.4 is 15.5 Å². The number of rotatable bonds is 6. The highest BCUT2D eigenvalue weighted by Crippen LogP contribution is 2.26. The Labute approximate surface area is 213 Å². The van der Waals surface area contributed by atoms with E-state index in [9.17, 15) is 9.59 Å². The van der Waals surface area contributed by atoms with Crippen molar-refractivity contribution in [1.82, 2.24) is 19.9 Å². The van der Waals surface area contributed by atoms with Crippen molar-refractivity contribution in [2.75, 3.05) is 41.7 Å². The number of hydrogen-bond acceptors (Lipinski definition) is 7. The number of hydrogen-bond donors (Lipinski definition) is 2. The minimum absolute atomic E-state index is 0.0742. The van der Waals surface area contributed by atoms with Gasteiger partial charge in [-0.05, 0) is 24.6 Å². The first-order valence-corrected chi connectivity index (χ1v) is 12.0. The molecular formula is C24H25Cl2N7O2. The number of aryl methyl sites for hydroxylation is 1.